The Hall–Kier alpha value is -3.52. The molecule has 8 heteroatoms. The van der Waals surface area contributed by atoms with Crippen molar-refractivity contribution in [1.82, 2.24) is 25.1 Å². The van der Waals surface area contributed by atoms with Gasteiger partial charge in [-0.1, -0.05) is 30.3 Å². The third-order valence-corrected chi connectivity index (χ3v) is 5.75. The summed E-state index contributed by atoms with van der Waals surface area (Å²) in [4.78, 5) is 23.8. The molecule has 1 aliphatic rings. The molecule has 2 aromatic carbocycles. The number of nitrogens with zero attached hydrogens (tertiary/aromatic N) is 5. The molecule has 0 aliphatic carbocycles. The molecular formula is C24H26N6O2. The van der Waals surface area contributed by atoms with Gasteiger partial charge in [0.05, 0.1) is 30.3 Å². The van der Waals surface area contributed by atoms with E-state index in [1.54, 1.807) is 12.5 Å². The van der Waals surface area contributed by atoms with E-state index in [2.05, 4.69) is 39.1 Å². The van der Waals surface area contributed by atoms with Crippen LogP contribution in [0.5, 0.6) is 0 Å². The van der Waals surface area contributed by atoms with E-state index in [0.717, 1.165) is 40.7 Å². The normalized spacial score (nSPS) is 18.9. The van der Waals surface area contributed by atoms with Crippen LogP contribution in [0, 0.1) is 0 Å². The maximum Gasteiger partial charge on any atom is 0.251 e. The van der Waals surface area contributed by atoms with Crippen molar-refractivity contribution in [3.05, 3.63) is 60.6 Å². The van der Waals surface area contributed by atoms with Crippen LogP contribution in [0.3, 0.4) is 0 Å². The van der Waals surface area contributed by atoms with Crippen molar-refractivity contribution in [2.45, 2.75) is 32.6 Å². The van der Waals surface area contributed by atoms with E-state index in [4.69, 9.17) is 4.74 Å². The minimum Gasteiger partial charge on any atom is -0.372 e. The third kappa shape index (κ3) is 4.01. The molecule has 5 rings (SSSR count). The molecule has 0 bridgehead atoms. The first kappa shape index (κ1) is 20.4. The number of ether oxygens (including phenoxy) is 1. The minimum atomic E-state index is -0.0983. The highest BCUT2D eigenvalue weighted by atomic mass is 16.5. The predicted molar refractivity (Wildman–Crippen MR) is 124 cm³/mol. The molecule has 1 fully saturated rings. The lowest BCUT2D eigenvalue weighted by molar-refractivity contribution is -0.00537. The molecule has 2 atom stereocenters. The van der Waals surface area contributed by atoms with Crippen molar-refractivity contribution in [2.24, 2.45) is 0 Å². The summed E-state index contributed by atoms with van der Waals surface area (Å²) in [6.07, 6.45) is 3.67. The highest BCUT2D eigenvalue weighted by Crippen LogP contribution is 2.25. The fourth-order valence-corrected chi connectivity index (χ4v) is 4.36. The summed E-state index contributed by atoms with van der Waals surface area (Å²) >= 11 is 0. The fourth-order valence-electron chi connectivity index (χ4n) is 4.36. The van der Waals surface area contributed by atoms with Gasteiger partial charge in [0.1, 0.15) is 12.1 Å². The van der Waals surface area contributed by atoms with Gasteiger partial charge in [-0.15, -0.1) is 0 Å². The Bertz CT molecular complexity index is 1260. The quantitative estimate of drug-likeness (QED) is 0.524. The fraction of sp³-hybridized carbons (Fsp3) is 0.333. The Morgan fingerprint density at radius 1 is 1.09 bits per heavy atom. The van der Waals surface area contributed by atoms with Gasteiger partial charge in [0.25, 0.3) is 5.91 Å². The Morgan fingerprint density at radius 3 is 2.69 bits per heavy atom. The number of rotatable bonds is 5. The van der Waals surface area contributed by atoms with Crippen LogP contribution in [0.1, 0.15) is 24.2 Å². The maximum atomic E-state index is 12.6. The van der Waals surface area contributed by atoms with Gasteiger partial charge in [-0.3, -0.25) is 4.79 Å². The van der Waals surface area contributed by atoms with E-state index in [1.165, 1.54) is 0 Å². The van der Waals surface area contributed by atoms with Gasteiger partial charge >= 0.3 is 0 Å². The average molecular weight is 431 g/mol. The van der Waals surface area contributed by atoms with E-state index in [-0.39, 0.29) is 18.1 Å². The summed E-state index contributed by atoms with van der Waals surface area (Å²) in [5.41, 5.74) is 1.41. The van der Waals surface area contributed by atoms with Crippen LogP contribution in [0.25, 0.3) is 21.8 Å². The van der Waals surface area contributed by atoms with Gasteiger partial charge in [0, 0.05) is 25.2 Å². The molecule has 2 unspecified atom stereocenters. The second-order valence-corrected chi connectivity index (χ2v) is 8.28. The molecule has 4 aromatic rings. The van der Waals surface area contributed by atoms with Crippen LogP contribution >= 0.6 is 0 Å². The van der Waals surface area contributed by atoms with Gasteiger partial charge in [-0.05, 0) is 36.8 Å². The molecule has 3 heterocycles. The first-order valence-electron chi connectivity index (χ1n) is 10.9. The van der Waals surface area contributed by atoms with Crippen LogP contribution in [0.15, 0.2) is 55.0 Å². The summed E-state index contributed by atoms with van der Waals surface area (Å²) in [6.45, 7) is 6.68. The number of carbonyl (C=O) groups excluding carboxylic acids is 1. The van der Waals surface area contributed by atoms with E-state index < -0.39 is 0 Å². The lowest BCUT2D eigenvalue weighted by atomic mass is 10.1. The molecule has 1 aliphatic heterocycles. The standard InChI is InChI=1S/C24H26N6O2/c1-16-13-29(14-17(2)32-16)22-21-12-28-30(23(21)27-15-26-22)10-9-25-24(31)20-8-7-18-5-3-4-6-19(18)11-20/h3-8,11-12,15-17H,9-10,13-14H2,1-2H3,(H,25,31). The molecule has 8 nitrogen and oxygen atoms in total. The Kier molecular flexibility index (Phi) is 5.45. The summed E-state index contributed by atoms with van der Waals surface area (Å²) in [7, 11) is 0. The molecule has 0 saturated carbocycles. The lowest BCUT2D eigenvalue weighted by Crippen LogP contribution is -2.45. The zero-order valence-electron chi connectivity index (χ0n) is 18.2. The minimum absolute atomic E-state index is 0.0983. The highest BCUT2D eigenvalue weighted by molar-refractivity contribution is 5.98. The van der Waals surface area contributed by atoms with Crippen molar-refractivity contribution in [1.29, 1.82) is 0 Å². The summed E-state index contributed by atoms with van der Waals surface area (Å²) in [5.74, 6) is 0.780. The van der Waals surface area contributed by atoms with Crippen molar-refractivity contribution >= 4 is 33.5 Å². The number of nitrogens with one attached hydrogen (secondary N) is 1. The van der Waals surface area contributed by atoms with Crippen molar-refractivity contribution in [3.8, 4) is 0 Å². The first-order chi connectivity index (χ1) is 15.6. The van der Waals surface area contributed by atoms with Gasteiger partial charge < -0.3 is 15.0 Å². The van der Waals surface area contributed by atoms with E-state index in [0.29, 0.717) is 18.7 Å². The molecular weight excluding hydrogens is 404 g/mol. The van der Waals surface area contributed by atoms with Crippen LogP contribution in [0.2, 0.25) is 0 Å². The molecule has 1 amide bonds. The zero-order chi connectivity index (χ0) is 22.1. The first-order valence-corrected chi connectivity index (χ1v) is 10.9. The highest BCUT2D eigenvalue weighted by Gasteiger charge is 2.25. The van der Waals surface area contributed by atoms with Gasteiger partial charge in [0.15, 0.2) is 5.65 Å². The van der Waals surface area contributed by atoms with Gasteiger partial charge in [0.2, 0.25) is 0 Å². The predicted octanol–water partition coefficient (Wildman–Crippen LogP) is 3.02. The van der Waals surface area contributed by atoms with Crippen LogP contribution in [0.4, 0.5) is 5.82 Å². The molecule has 0 spiro atoms. The molecule has 32 heavy (non-hydrogen) atoms. The Labute approximate surface area is 186 Å². The average Bonchev–Trinajstić information content (AvgIpc) is 3.21. The number of morpholine rings is 1. The van der Waals surface area contributed by atoms with Gasteiger partial charge in [-0.25, -0.2) is 14.6 Å². The summed E-state index contributed by atoms with van der Waals surface area (Å²) in [6, 6.07) is 13.7. The van der Waals surface area contributed by atoms with E-state index >= 15 is 0 Å². The molecule has 2 aromatic heterocycles. The molecule has 164 valence electrons. The number of anilines is 1. The second-order valence-electron chi connectivity index (χ2n) is 8.28. The summed E-state index contributed by atoms with van der Waals surface area (Å²) < 4.78 is 7.66. The van der Waals surface area contributed by atoms with E-state index in [1.807, 2.05) is 47.1 Å². The number of carbonyl (C=O) groups is 1. The van der Waals surface area contributed by atoms with Crippen LogP contribution < -0.4 is 10.2 Å². The number of hydrogen-bond donors (Lipinski definition) is 1. The zero-order valence-corrected chi connectivity index (χ0v) is 18.2. The second kappa shape index (κ2) is 8.55. The lowest BCUT2D eigenvalue weighted by Gasteiger charge is -2.36. The number of amides is 1. The molecule has 0 radical (unpaired) electrons. The van der Waals surface area contributed by atoms with Crippen molar-refractivity contribution < 1.29 is 9.53 Å². The number of aromatic nitrogens is 4. The van der Waals surface area contributed by atoms with Gasteiger partial charge in [-0.2, -0.15) is 5.10 Å². The largest absolute Gasteiger partial charge is 0.372 e. The Morgan fingerprint density at radius 2 is 1.88 bits per heavy atom. The Balaban J connectivity index is 1.28. The third-order valence-electron chi connectivity index (χ3n) is 5.75. The SMILES string of the molecule is CC1CN(c2ncnc3c2cnn3CCNC(=O)c2ccc3ccccc3c2)CC(C)O1. The van der Waals surface area contributed by atoms with Crippen LogP contribution in [-0.2, 0) is 11.3 Å². The topological polar surface area (TPSA) is 85.2 Å². The van der Waals surface area contributed by atoms with E-state index in [9.17, 15) is 4.79 Å². The monoisotopic (exact) mass is 430 g/mol. The number of hydrogen-bond acceptors (Lipinski definition) is 6. The van der Waals surface area contributed by atoms with Crippen LogP contribution in [-0.4, -0.2) is 57.5 Å². The van der Waals surface area contributed by atoms with Crippen molar-refractivity contribution in [2.75, 3.05) is 24.5 Å². The number of benzene rings is 2. The molecule has 1 N–H and O–H groups in total. The summed E-state index contributed by atoms with van der Waals surface area (Å²) in [5, 5.41) is 10.6. The number of fused-ring (bicyclic) bond motifs is 2. The smallest absolute Gasteiger partial charge is 0.251 e. The molecule has 1 saturated heterocycles. The maximum absolute atomic E-state index is 12.6. The van der Waals surface area contributed by atoms with Crippen molar-refractivity contribution in [3.63, 3.8) is 0 Å².